The maximum atomic E-state index is 12.5. The van der Waals surface area contributed by atoms with Gasteiger partial charge in [-0.15, -0.1) is 0 Å². The molecule has 1 N–H and O–H groups in total. The lowest BCUT2D eigenvalue weighted by Crippen LogP contribution is -2.26. The predicted octanol–water partition coefficient (Wildman–Crippen LogP) is 2.97. The Kier molecular flexibility index (Phi) is 4.42. The second-order valence-electron chi connectivity index (χ2n) is 6.41. The lowest BCUT2D eigenvalue weighted by Gasteiger charge is -2.08. The topological polar surface area (TPSA) is 85.3 Å². The Morgan fingerprint density at radius 2 is 2.11 bits per heavy atom. The third-order valence-electron chi connectivity index (χ3n) is 4.49. The molecule has 1 aromatic carbocycles. The molecule has 0 bridgehead atoms. The third-order valence-corrected chi connectivity index (χ3v) is 4.49. The maximum Gasteiger partial charge on any atom is 0.256 e. The van der Waals surface area contributed by atoms with Crippen LogP contribution >= 0.6 is 0 Å². The van der Waals surface area contributed by atoms with Gasteiger partial charge in [-0.3, -0.25) is 4.79 Å². The van der Waals surface area contributed by atoms with Crippen LogP contribution in [0.3, 0.4) is 0 Å². The molecular weight excluding hydrogens is 342 g/mol. The van der Waals surface area contributed by atoms with E-state index in [0.29, 0.717) is 17.8 Å². The summed E-state index contributed by atoms with van der Waals surface area (Å²) in [5, 5.41) is 7.13. The van der Waals surface area contributed by atoms with E-state index in [2.05, 4.69) is 39.4 Å². The molecule has 0 aliphatic rings. The quantitative estimate of drug-likeness (QED) is 0.591. The molecule has 4 aromatic rings. The highest BCUT2D eigenvalue weighted by Crippen LogP contribution is 2.22. The van der Waals surface area contributed by atoms with Gasteiger partial charge in [-0.2, -0.15) is 5.10 Å². The largest absolute Gasteiger partial charge is 0.444 e. The molecule has 0 atom stereocenters. The molecular formula is C20H19N5O2. The molecule has 0 aliphatic heterocycles. The van der Waals surface area contributed by atoms with Crippen molar-refractivity contribution in [1.29, 1.82) is 0 Å². The van der Waals surface area contributed by atoms with Gasteiger partial charge in [0, 0.05) is 24.0 Å². The molecule has 0 fully saturated rings. The van der Waals surface area contributed by atoms with Crippen LogP contribution in [0.25, 0.3) is 17.0 Å². The van der Waals surface area contributed by atoms with Crippen LogP contribution in [0.15, 0.2) is 53.7 Å². The van der Waals surface area contributed by atoms with Gasteiger partial charge in [-0.25, -0.2) is 14.5 Å². The first-order valence-electron chi connectivity index (χ1n) is 8.69. The second kappa shape index (κ2) is 7.03. The van der Waals surface area contributed by atoms with E-state index in [4.69, 9.17) is 4.42 Å². The molecule has 4 rings (SSSR count). The van der Waals surface area contributed by atoms with Crippen LogP contribution in [-0.2, 0) is 6.42 Å². The zero-order valence-corrected chi connectivity index (χ0v) is 15.1. The fraction of sp³-hybridized carbons (Fsp3) is 0.200. The predicted molar refractivity (Wildman–Crippen MR) is 100 cm³/mol. The standard InChI is InChI=1S/C20H19N5O2/c1-13-9-16(18-11-21-12-27-18)4-3-15(13)5-7-22-20(26)17-10-23-25-8-6-14(2)24-19(17)25/h3-4,6,8-12H,5,7H2,1-2H3,(H,22,26). The number of aromatic nitrogens is 4. The zero-order chi connectivity index (χ0) is 18.8. The number of hydrogen-bond acceptors (Lipinski definition) is 5. The average Bonchev–Trinajstić information content (AvgIpc) is 3.32. The van der Waals surface area contributed by atoms with Gasteiger partial charge in [0.05, 0.1) is 12.4 Å². The number of carbonyl (C=O) groups is 1. The lowest BCUT2D eigenvalue weighted by atomic mass is 10.0. The number of nitrogens with zero attached hydrogens (tertiary/aromatic N) is 4. The summed E-state index contributed by atoms with van der Waals surface area (Å²) in [6.45, 7) is 4.47. The molecule has 27 heavy (non-hydrogen) atoms. The molecule has 0 saturated carbocycles. The van der Waals surface area contributed by atoms with Gasteiger partial charge in [0.25, 0.3) is 5.91 Å². The van der Waals surface area contributed by atoms with E-state index in [0.717, 1.165) is 29.0 Å². The van der Waals surface area contributed by atoms with Crippen molar-refractivity contribution in [3.8, 4) is 11.3 Å². The van der Waals surface area contributed by atoms with E-state index in [1.165, 1.54) is 12.0 Å². The first kappa shape index (κ1) is 17.0. The average molecular weight is 361 g/mol. The number of aryl methyl sites for hydroxylation is 2. The van der Waals surface area contributed by atoms with Gasteiger partial charge in [0.15, 0.2) is 17.8 Å². The van der Waals surface area contributed by atoms with Crippen LogP contribution in [0.4, 0.5) is 0 Å². The Morgan fingerprint density at radius 3 is 2.89 bits per heavy atom. The highest BCUT2D eigenvalue weighted by atomic mass is 16.3. The van der Waals surface area contributed by atoms with E-state index >= 15 is 0 Å². The van der Waals surface area contributed by atoms with Crippen LogP contribution in [0.1, 0.15) is 27.2 Å². The summed E-state index contributed by atoms with van der Waals surface area (Å²) in [4.78, 5) is 20.8. The zero-order valence-electron chi connectivity index (χ0n) is 15.1. The fourth-order valence-corrected chi connectivity index (χ4v) is 3.01. The number of benzene rings is 1. The lowest BCUT2D eigenvalue weighted by molar-refractivity contribution is 0.0955. The van der Waals surface area contributed by atoms with E-state index in [-0.39, 0.29) is 5.91 Å². The molecule has 0 saturated heterocycles. The van der Waals surface area contributed by atoms with Crippen LogP contribution in [0.2, 0.25) is 0 Å². The number of amides is 1. The van der Waals surface area contributed by atoms with Crippen LogP contribution in [0.5, 0.6) is 0 Å². The monoisotopic (exact) mass is 361 g/mol. The number of carbonyl (C=O) groups excluding carboxylic acids is 1. The summed E-state index contributed by atoms with van der Waals surface area (Å²) in [7, 11) is 0. The van der Waals surface area contributed by atoms with E-state index in [1.807, 2.05) is 19.1 Å². The summed E-state index contributed by atoms with van der Waals surface area (Å²) < 4.78 is 6.94. The van der Waals surface area contributed by atoms with Crippen molar-refractivity contribution in [3.63, 3.8) is 0 Å². The van der Waals surface area contributed by atoms with Gasteiger partial charge in [-0.1, -0.05) is 12.1 Å². The number of hydrogen-bond donors (Lipinski definition) is 1. The molecule has 0 spiro atoms. The minimum Gasteiger partial charge on any atom is -0.444 e. The molecule has 136 valence electrons. The number of fused-ring (bicyclic) bond motifs is 1. The molecule has 3 aromatic heterocycles. The summed E-state index contributed by atoms with van der Waals surface area (Å²) >= 11 is 0. The summed E-state index contributed by atoms with van der Waals surface area (Å²) in [5.41, 5.74) is 5.21. The van der Waals surface area contributed by atoms with Crippen molar-refractivity contribution >= 4 is 11.6 Å². The Hall–Kier alpha value is -3.48. The summed E-state index contributed by atoms with van der Waals surface area (Å²) in [6, 6.07) is 7.98. The van der Waals surface area contributed by atoms with Crippen molar-refractivity contribution in [2.75, 3.05) is 6.54 Å². The summed E-state index contributed by atoms with van der Waals surface area (Å²) in [6.07, 6.45) is 7.20. The Labute approximate surface area is 156 Å². The molecule has 7 nitrogen and oxygen atoms in total. The fourth-order valence-electron chi connectivity index (χ4n) is 3.01. The van der Waals surface area contributed by atoms with Crippen molar-refractivity contribution in [3.05, 3.63) is 71.6 Å². The number of rotatable bonds is 5. The highest BCUT2D eigenvalue weighted by Gasteiger charge is 2.14. The van der Waals surface area contributed by atoms with Crippen LogP contribution in [0, 0.1) is 13.8 Å². The van der Waals surface area contributed by atoms with Crippen molar-refractivity contribution in [1.82, 2.24) is 24.9 Å². The second-order valence-corrected chi connectivity index (χ2v) is 6.41. The third kappa shape index (κ3) is 3.44. The molecule has 3 heterocycles. The van der Waals surface area contributed by atoms with Crippen molar-refractivity contribution in [2.45, 2.75) is 20.3 Å². The number of oxazole rings is 1. The van der Waals surface area contributed by atoms with Crippen LogP contribution < -0.4 is 5.32 Å². The minimum atomic E-state index is -0.168. The molecule has 0 unspecified atom stereocenters. The Balaban J connectivity index is 1.42. The Bertz CT molecular complexity index is 1100. The molecule has 7 heteroatoms. The summed E-state index contributed by atoms with van der Waals surface area (Å²) in [5.74, 6) is 0.577. The number of nitrogens with one attached hydrogen (secondary N) is 1. The minimum absolute atomic E-state index is 0.168. The molecule has 0 radical (unpaired) electrons. The van der Waals surface area contributed by atoms with Gasteiger partial charge in [0.1, 0.15) is 5.56 Å². The van der Waals surface area contributed by atoms with Gasteiger partial charge in [0.2, 0.25) is 0 Å². The van der Waals surface area contributed by atoms with E-state index < -0.39 is 0 Å². The highest BCUT2D eigenvalue weighted by molar-refractivity contribution is 5.99. The van der Waals surface area contributed by atoms with E-state index in [1.54, 1.807) is 23.1 Å². The normalized spacial score (nSPS) is 11.0. The van der Waals surface area contributed by atoms with Gasteiger partial charge < -0.3 is 9.73 Å². The van der Waals surface area contributed by atoms with Crippen molar-refractivity contribution in [2.24, 2.45) is 0 Å². The van der Waals surface area contributed by atoms with Crippen LogP contribution in [-0.4, -0.2) is 32.0 Å². The maximum absolute atomic E-state index is 12.5. The SMILES string of the molecule is Cc1ccn2ncc(C(=O)NCCc3ccc(-c4cnco4)cc3C)c2n1. The molecule has 1 amide bonds. The first-order chi connectivity index (χ1) is 13.1. The van der Waals surface area contributed by atoms with Crippen molar-refractivity contribution < 1.29 is 9.21 Å². The Morgan fingerprint density at radius 1 is 1.22 bits per heavy atom. The van der Waals surface area contributed by atoms with Gasteiger partial charge in [-0.05, 0) is 43.5 Å². The smallest absolute Gasteiger partial charge is 0.256 e. The first-order valence-corrected chi connectivity index (χ1v) is 8.69. The van der Waals surface area contributed by atoms with Gasteiger partial charge >= 0.3 is 0 Å². The van der Waals surface area contributed by atoms with E-state index in [9.17, 15) is 4.79 Å². The molecule has 0 aliphatic carbocycles.